The fourth-order valence-electron chi connectivity index (χ4n) is 2.51. The van der Waals surface area contributed by atoms with Crippen LogP contribution < -0.4 is 10.2 Å². The summed E-state index contributed by atoms with van der Waals surface area (Å²) < 4.78 is 1.82. The number of fused-ring (bicyclic) bond motifs is 1. The molecule has 6 nitrogen and oxygen atoms in total. The summed E-state index contributed by atoms with van der Waals surface area (Å²) in [5.74, 6) is 1.00. The number of guanidine groups is 1. The Labute approximate surface area is 160 Å². The van der Waals surface area contributed by atoms with Crippen LogP contribution in [0.4, 0.5) is 11.5 Å². The summed E-state index contributed by atoms with van der Waals surface area (Å²) in [5, 5.41) is 11.9. The van der Waals surface area contributed by atoms with E-state index in [1.54, 1.807) is 12.3 Å². The van der Waals surface area contributed by atoms with Crippen LogP contribution in [0.1, 0.15) is 19.8 Å². The van der Waals surface area contributed by atoms with Crippen molar-refractivity contribution in [3.05, 3.63) is 46.5 Å². The Balaban J connectivity index is 2.04. The Morgan fingerprint density at radius 3 is 3.04 bits per heavy atom. The van der Waals surface area contributed by atoms with E-state index in [4.69, 9.17) is 12.2 Å². The normalized spacial score (nSPS) is 11.3. The summed E-state index contributed by atoms with van der Waals surface area (Å²) in [7, 11) is 0. The molecule has 2 heterocycles. The minimum absolute atomic E-state index is 0.457. The highest BCUT2D eigenvalue weighted by atomic mass is 32.1. The lowest BCUT2D eigenvalue weighted by Crippen LogP contribution is -2.40. The van der Waals surface area contributed by atoms with Crippen LogP contribution >= 0.6 is 23.6 Å². The van der Waals surface area contributed by atoms with Crippen LogP contribution in [0, 0.1) is 15.4 Å². The van der Waals surface area contributed by atoms with Gasteiger partial charge in [-0.1, -0.05) is 19.4 Å². The lowest BCUT2D eigenvalue weighted by atomic mass is 10.2. The van der Waals surface area contributed by atoms with Crippen molar-refractivity contribution in [2.75, 3.05) is 11.4 Å². The Morgan fingerprint density at radius 1 is 1.42 bits per heavy atom. The Bertz CT molecular complexity index is 1000. The Kier molecular flexibility index (Phi) is 5.94. The van der Waals surface area contributed by atoms with Gasteiger partial charge < -0.3 is 9.88 Å². The van der Waals surface area contributed by atoms with Crippen molar-refractivity contribution in [3.8, 4) is 6.19 Å². The predicted octanol–water partition coefficient (Wildman–Crippen LogP) is 4.72. The van der Waals surface area contributed by atoms with E-state index in [9.17, 15) is 5.26 Å². The van der Waals surface area contributed by atoms with E-state index in [1.807, 2.05) is 35.4 Å². The van der Waals surface area contributed by atoms with E-state index in [1.165, 1.54) is 11.3 Å². The van der Waals surface area contributed by atoms with Crippen LogP contribution in [-0.2, 0) is 0 Å². The van der Waals surface area contributed by atoms with Gasteiger partial charge in [-0.2, -0.15) is 10.3 Å². The van der Waals surface area contributed by atoms with Crippen molar-refractivity contribution in [2.24, 2.45) is 4.99 Å². The molecule has 132 valence electrons. The van der Waals surface area contributed by atoms with Gasteiger partial charge in [0.1, 0.15) is 0 Å². The lowest BCUT2D eigenvalue weighted by molar-refractivity contribution is 0.788. The van der Waals surface area contributed by atoms with Crippen LogP contribution in [0.2, 0.25) is 0 Å². The molecule has 0 amide bonds. The van der Waals surface area contributed by atoms with E-state index < -0.39 is 0 Å². The average Bonchev–Trinajstić information content (AvgIpc) is 3.02. The number of anilines is 1. The van der Waals surface area contributed by atoms with Crippen molar-refractivity contribution in [2.45, 2.75) is 19.8 Å². The van der Waals surface area contributed by atoms with Crippen LogP contribution in [0.3, 0.4) is 0 Å². The molecule has 0 saturated carbocycles. The van der Waals surface area contributed by atoms with Crippen LogP contribution in [0.25, 0.3) is 10.2 Å². The molecule has 3 aromatic rings. The standard InChI is InChI=1S/C18H18N6S2/c1-2-3-10-24(13-7-8-14-15(11-13)26-18(25)22-14)17(21-12-19)23-16-6-4-5-9-20-16/h4-9,11H,2-3,10H2,1H3,(H,22,25)(H,20,21,23). The molecule has 0 aliphatic rings. The number of nitriles is 1. The monoisotopic (exact) mass is 382 g/mol. The van der Waals surface area contributed by atoms with Gasteiger partial charge in [0.05, 0.1) is 10.2 Å². The van der Waals surface area contributed by atoms with Gasteiger partial charge in [0, 0.05) is 18.4 Å². The number of hydrogen-bond donors (Lipinski definition) is 2. The summed E-state index contributed by atoms with van der Waals surface area (Å²) in [5.41, 5.74) is 1.96. The van der Waals surface area contributed by atoms with Crippen molar-refractivity contribution in [1.82, 2.24) is 15.3 Å². The van der Waals surface area contributed by atoms with E-state index in [2.05, 4.69) is 33.3 Å². The van der Waals surface area contributed by atoms with Gasteiger partial charge in [0.15, 0.2) is 16.0 Å². The second-order valence-corrected chi connectivity index (χ2v) is 7.28. The highest BCUT2D eigenvalue weighted by Gasteiger charge is 2.15. The molecular weight excluding hydrogens is 364 g/mol. The van der Waals surface area contributed by atoms with Crippen molar-refractivity contribution < 1.29 is 0 Å². The molecular formula is C18H18N6S2. The fraction of sp³-hybridized carbons (Fsp3) is 0.222. The summed E-state index contributed by atoms with van der Waals surface area (Å²) in [6.45, 7) is 2.87. The number of aliphatic imine (C=N–C) groups is 1. The number of aromatic amines is 1. The number of rotatable bonds is 5. The zero-order valence-electron chi connectivity index (χ0n) is 14.3. The molecule has 0 bridgehead atoms. The SMILES string of the molecule is CCCCN(C(=Nc1ccccn1)NC#N)c1ccc2[nH]c(=S)sc2c1. The zero-order valence-corrected chi connectivity index (χ0v) is 15.9. The maximum atomic E-state index is 9.21. The van der Waals surface area contributed by atoms with Gasteiger partial charge in [-0.25, -0.2) is 4.98 Å². The molecule has 0 spiro atoms. The Morgan fingerprint density at radius 2 is 2.31 bits per heavy atom. The highest BCUT2D eigenvalue weighted by Crippen LogP contribution is 2.26. The number of thiazole rings is 1. The summed E-state index contributed by atoms with van der Waals surface area (Å²) in [6, 6.07) is 11.6. The Hall–Kier alpha value is -2.76. The molecule has 1 aromatic carbocycles. The molecule has 2 N–H and O–H groups in total. The van der Waals surface area contributed by atoms with Gasteiger partial charge in [-0.3, -0.25) is 5.32 Å². The molecule has 0 atom stereocenters. The molecule has 8 heteroatoms. The molecule has 0 aliphatic heterocycles. The van der Waals surface area contributed by atoms with Gasteiger partial charge in [-0.05, 0) is 49.0 Å². The van der Waals surface area contributed by atoms with Crippen LogP contribution in [0.15, 0.2) is 47.6 Å². The van der Waals surface area contributed by atoms with Crippen LogP contribution in [-0.4, -0.2) is 22.5 Å². The first-order valence-corrected chi connectivity index (χ1v) is 9.49. The number of benzene rings is 1. The summed E-state index contributed by atoms with van der Waals surface area (Å²) in [4.78, 5) is 13.9. The van der Waals surface area contributed by atoms with E-state index in [0.717, 1.165) is 39.2 Å². The van der Waals surface area contributed by atoms with Crippen molar-refractivity contribution in [1.29, 1.82) is 5.26 Å². The van der Waals surface area contributed by atoms with E-state index in [-0.39, 0.29) is 0 Å². The maximum Gasteiger partial charge on any atom is 0.218 e. The molecule has 0 aliphatic carbocycles. The first-order chi connectivity index (χ1) is 12.7. The largest absolute Gasteiger partial charge is 0.337 e. The first-order valence-electron chi connectivity index (χ1n) is 8.26. The third-order valence-electron chi connectivity index (χ3n) is 3.74. The zero-order chi connectivity index (χ0) is 18.4. The summed E-state index contributed by atoms with van der Waals surface area (Å²) in [6.07, 6.45) is 5.66. The van der Waals surface area contributed by atoms with Crippen LogP contribution in [0.5, 0.6) is 0 Å². The smallest absolute Gasteiger partial charge is 0.218 e. The maximum absolute atomic E-state index is 9.21. The second kappa shape index (κ2) is 8.56. The number of nitrogens with zero attached hydrogens (tertiary/aromatic N) is 4. The van der Waals surface area contributed by atoms with Gasteiger partial charge >= 0.3 is 0 Å². The second-order valence-electron chi connectivity index (χ2n) is 5.56. The quantitative estimate of drug-likeness (QED) is 0.219. The third-order valence-corrected chi connectivity index (χ3v) is 4.94. The van der Waals surface area contributed by atoms with Gasteiger partial charge in [-0.15, -0.1) is 11.3 Å². The number of H-pyrrole nitrogens is 1. The fourth-order valence-corrected chi connectivity index (χ4v) is 3.66. The predicted molar refractivity (Wildman–Crippen MR) is 109 cm³/mol. The first kappa shape index (κ1) is 18.0. The van der Waals surface area contributed by atoms with Gasteiger partial charge in [0.25, 0.3) is 0 Å². The number of unbranched alkanes of at least 4 members (excludes halogenated alkanes) is 1. The molecule has 3 rings (SSSR count). The molecule has 2 aromatic heterocycles. The number of hydrogen-bond acceptors (Lipinski definition) is 5. The minimum Gasteiger partial charge on any atom is -0.337 e. The van der Waals surface area contributed by atoms with Gasteiger partial charge in [0.2, 0.25) is 5.96 Å². The number of pyridine rings is 1. The topological polar surface area (TPSA) is 80.1 Å². The molecule has 26 heavy (non-hydrogen) atoms. The molecule has 0 radical (unpaired) electrons. The number of nitrogens with one attached hydrogen (secondary N) is 2. The van der Waals surface area contributed by atoms with Crippen molar-refractivity contribution in [3.63, 3.8) is 0 Å². The molecule has 0 fully saturated rings. The van der Waals surface area contributed by atoms with E-state index >= 15 is 0 Å². The minimum atomic E-state index is 0.457. The highest BCUT2D eigenvalue weighted by molar-refractivity contribution is 7.73. The number of aromatic nitrogens is 2. The third kappa shape index (κ3) is 4.25. The molecule has 0 saturated heterocycles. The lowest BCUT2D eigenvalue weighted by Gasteiger charge is -2.25. The average molecular weight is 383 g/mol. The summed E-state index contributed by atoms with van der Waals surface area (Å²) >= 11 is 6.77. The van der Waals surface area contributed by atoms with E-state index in [0.29, 0.717) is 11.8 Å². The van der Waals surface area contributed by atoms with Crippen molar-refractivity contribution >= 4 is 51.2 Å². The molecule has 0 unspecified atom stereocenters.